The monoisotopic (exact) mass is 361 g/mol. The van der Waals surface area contributed by atoms with Gasteiger partial charge >= 0.3 is 5.97 Å². The van der Waals surface area contributed by atoms with Gasteiger partial charge < -0.3 is 14.8 Å². The zero-order valence-corrected chi connectivity index (χ0v) is 14.3. The van der Waals surface area contributed by atoms with Crippen LogP contribution in [0.3, 0.4) is 0 Å². The van der Waals surface area contributed by atoms with Gasteiger partial charge in [0.15, 0.2) is 11.4 Å². The molecule has 1 aromatic carbocycles. The highest BCUT2D eigenvalue weighted by atomic mass is 32.1. The molecule has 3 aromatic rings. The Labute approximate surface area is 146 Å². The van der Waals surface area contributed by atoms with Crippen LogP contribution in [0.15, 0.2) is 35.1 Å². The Morgan fingerprint density at radius 3 is 2.72 bits per heavy atom. The summed E-state index contributed by atoms with van der Waals surface area (Å²) in [5.74, 6) is -1.43. The first-order valence-corrected chi connectivity index (χ1v) is 8.64. The number of H-pyrrole nitrogens is 1. The van der Waals surface area contributed by atoms with Crippen LogP contribution in [0.1, 0.15) is 30.3 Å². The van der Waals surface area contributed by atoms with Gasteiger partial charge in [-0.3, -0.25) is 4.79 Å². The number of aromatic nitrogens is 1. The van der Waals surface area contributed by atoms with Crippen LogP contribution in [0.5, 0.6) is 5.75 Å². The fourth-order valence-corrected chi connectivity index (χ4v) is 3.49. The number of esters is 1. The third-order valence-corrected chi connectivity index (χ3v) is 4.92. The average molecular weight is 361 g/mol. The molecule has 0 fully saturated rings. The molecule has 5 nitrogen and oxygen atoms in total. The summed E-state index contributed by atoms with van der Waals surface area (Å²) in [6.07, 6.45) is 1.56. The lowest BCUT2D eigenvalue weighted by atomic mass is 10.1. The van der Waals surface area contributed by atoms with Gasteiger partial charge in [0, 0.05) is 4.88 Å². The molecule has 25 heavy (non-hydrogen) atoms. The number of nitrogens with one attached hydrogen (secondary N) is 1. The first-order chi connectivity index (χ1) is 12.0. The van der Waals surface area contributed by atoms with E-state index in [4.69, 9.17) is 4.74 Å². The molecule has 0 aliphatic rings. The lowest BCUT2D eigenvalue weighted by Crippen LogP contribution is -2.15. The highest BCUT2D eigenvalue weighted by molar-refractivity contribution is 7.22. The van der Waals surface area contributed by atoms with Crippen molar-refractivity contribution in [2.75, 3.05) is 6.61 Å². The van der Waals surface area contributed by atoms with Crippen molar-refractivity contribution < 1.29 is 19.0 Å². The smallest absolute Gasteiger partial charge is 0.358 e. The number of carbonyl (C=O) groups is 1. The minimum Gasteiger partial charge on any atom is -0.504 e. The summed E-state index contributed by atoms with van der Waals surface area (Å²) in [5.41, 5.74) is -0.0190. The van der Waals surface area contributed by atoms with E-state index in [2.05, 4.69) is 4.98 Å². The summed E-state index contributed by atoms with van der Waals surface area (Å²) in [6, 6.07) is 7.43. The maximum absolute atomic E-state index is 13.1. The Balaban J connectivity index is 2.03. The number of rotatable bonds is 5. The molecule has 2 aromatic heterocycles. The lowest BCUT2D eigenvalue weighted by Gasteiger charge is -2.06. The van der Waals surface area contributed by atoms with E-state index in [9.17, 15) is 19.1 Å². The highest BCUT2D eigenvalue weighted by Crippen LogP contribution is 2.37. The third-order valence-electron chi connectivity index (χ3n) is 3.73. The van der Waals surface area contributed by atoms with Crippen LogP contribution in [0.4, 0.5) is 4.39 Å². The fourth-order valence-electron chi connectivity index (χ4n) is 2.37. The molecular weight excluding hydrogens is 345 g/mol. The SMILES string of the molecule is CCCCOC(=O)c1[nH]c(=O)c2cc(-c3ccc(F)cc3)sc2c1O. The van der Waals surface area contributed by atoms with E-state index in [0.717, 1.165) is 17.8 Å². The van der Waals surface area contributed by atoms with Gasteiger partial charge in [-0.15, -0.1) is 11.3 Å². The van der Waals surface area contributed by atoms with Gasteiger partial charge in [0.1, 0.15) is 5.82 Å². The van der Waals surface area contributed by atoms with E-state index in [0.29, 0.717) is 21.6 Å². The highest BCUT2D eigenvalue weighted by Gasteiger charge is 2.20. The molecule has 2 heterocycles. The Kier molecular flexibility index (Phi) is 4.85. The zero-order chi connectivity index (χ0) is 18.0. The van der Waals surface area contributed by atoms with E-state index < -0.39 is 11.5 Å². The first kappa shape index (κ1) is 17.2. The molecule has 0 saturated heterocycles. The van der Waals surface area contributed by atoms with Gasteiger partial charge in [0.05, 0.1) is 16.7 Å². The molecule has 3 rings (SSSR count). The molecule has 130 valence electrons. The Morgan fingerprint density at radius 2 is 2.04 bits per heavy atom. The third kappa shape index (κ3) is 3.41. The van der Waals surface area contributed by atoms with E-state index in [-0.39, 0.29) is 29.3 Å². The molecule has 0 atom stereocenters. The predicted molar refractivity (Wildman–Crippen MR) is 94.7 cm³/mol. The quantitative estimate of drug-likeness (QED) is 0.531. The number of benzene rings is 1. The largest absolute Gasteiger partial charge is 0.504 e. The van der Waals surface area contributed by atoms with Crippen molar-refractivity contribution in [2.45, 2.75) is 19.8 Å². The van der Waals surface area contributed by atoms with Gasteiger partial charge in [-0.2, -0.15) is 0 Å². The zero-order valence-electron chi connectivity index (χ0n) is 13.5. The second-order valence-electron chi connectivity index (χ2n) is 5.53. The topological polar surface area (TPSA) is 79.4 Å². The molecule has 7 heteroatoms. The molecule has 0 amide bonds. The van der Waals surface area contributed by atoms with E-state index in [1.807, 2.05) is 6.92 Å². The van der Waals surface area contributed by atoms with Crippen LogP contribution >= 0.6 is 11.3 Å². The van der Waals surface area contributed by atoms with E-state index >= 15 is 0 Å². The van der Waals surface area contributed by atoms with Crippen LogP contribution in [0.25, 0.3) is 20.5 Å². The number of carbonyl (C=O) groups excluding carboxylic acids is 1. The van der Waals surface area contributed by atoms with Crippen LogP contribution in [-0.2, 0) is 4.74 Å². The Hall–Kier alpha value is -2.67. The van der Waals surface area contributed by atoms with Crippen LogP contribution in [0, 0.1) is 5.82 Å². The maximum Gasteiger partial charge on any atom is 0.358 e. The average Bonchev–Trinajstić information content (AvgIpc) is 3.05. The molecular formula is C18H16FNO4S. The van der Waals surface area contributed by atoms with Crippen molar-refractivity contribution in [1.82, 2.24) is 4.98 Å². The maximum atomic E-state index is 13.1. The van der Waals surface area contributed by atoms with Gasteiger partial charge in [0.2, 0.25) is 0 Å². The number of unbranched alkanes of at least 4 members (excludes halogenated alkanes) is 1. The number of aromatic hydroxyl groups is 1. The second kappa shape index (κ2) is 7.06. The number of hydrogen-bond donors (Lipinski definition) is 2. The molecule has 0 unspecified atom stereocenters. The number of thiophene rings is 1. The Bertz CT molecular complexity index is 975. The molecule has 0 aliphatic heterocycles. The molecule has 2 N–H and O–H groups in total. The fraction of sp³-hybridized carbons (Fsp3) is 0.222. The van der Waals surface area contributed by atoms with E-state index in [1.54, 1.807) is 18.2 Å². The summed E-state index contributed by atoms with van der Waals surface area (Å²) in [5, 5.41) is 10.7. The van der Waals surface area contributed by atoms with Gasteiger partial charge in [0.25, 0.3) is 5.56 Å². The molecule has 0 radical (unpaired) electrons. The minimum atomic E-state index is -0.762. The number of halogens is 1. The Morgan fingerprint density at radius 1 is 1.32 bits per heavy atom. The van der Waals surface area contributed by atoms with Crippen LogP contribution in [0.2, 0.25) is 0 Å². The number of hydrogen-bond acceptors (Lipinski definition) is 5. The summed E-state index contributed by atoms with van der Waals surface area (Å²) >= 11 is 1.16. The van der Waals surface area contributed by atoms with Crippen molar-refractivity contribution in [3.63, 3.8) is 0 Å². The standard InChI is InChI=1S/C18H16FNO4S/c1-2-3-8-24-18(23)14-15(21)16-12(17(22)20-14)9-13(25-16)10-4-6-11(19)7-5-10/h4-7,9,21H,2-3,8H2,1H3,(H,20,22). The predicted octanol–water partition coefficient (Wildman–Crippen LogP) is 4.06. The summed E-state index contributed by atoms with van der Waals surface area (Å²) in [6.45, 7) is 2.18. The van der Waals surface area contributed by atoms with Crippen LogP contribution in [-0.4, -0.2) is 22.7 Å². The number of ether oxygens (including phenoxy) is 1. The summed E-state index contributed by atoms with van der Waals surface area (Å²) < 4.78 is 18.4. The number of pyridine rings is 1. The number of aromatic amines is 1. The first-order valence-electron chi connectivity index (χ1n) is 7.83. The molecule has 0 bridgehead atoms. The van der Waals surface area contributed by atoms with Crippen molar-refractivity contribution in [3.8, 4) is 16.2 Å². The van der Waals surface area contributed by atoms with Crippen molar-refractivity contribution in [3.05, 3.63) is 52.2 Å². The van der Waals surface area contributed by atoms with Gasteiger partial charge in [-0.05, 0) is 30.2 Å². The normalized spacial score (nSPS) is 11.0. The van der Waals surface area contributed by atoms with Crippen molar-refractivity contribution in [1.29, 1.82) is 0 Å². The minimum absolute atomic E-state index is 0.222. The second-order valence-corrected chi connectivity index (χ2v) is 6.58. The summed E-state index contributed by atoms with van der Waals surface area (Å²) in [7, 11) is 0. The number of fused-ring (bicyclic) bond motifs is 1. The van der Waals surface area contributed by atoms with Crippen molar-refractivity contribution >= 4 is 27.4 Å². The summed E-state index contributed by atoms with van der Waals surface area (Å²) in [4.78, 5) is 27.4. The van der Waals surface area contributed by atoms with Crippen LogP contribution < -0.4 is 5.56 Å². The van der Waals surface area contributed by atoms with Gasteiger partial charge in [-0.25, -0.2) is 9.18 Å². The van der Waals surface area contributed by atoms with Crippen molar-refractivity contribution in [2.24, 2.45) is 0 Å². The van der Waals surface area contributed by atoms with E-state index in [1.165, 1.54) is 12.1 Å². The molecule has 0 spiro atoms. The van der Waals surface area contributed by atoms with Gasteiger partial charge in [-0.1, -0.05) is 25.5 Å². The molecule has 0 saturated carbocycles. The lowest BCUT2D eigenvalue weighted by molar-refractivity contribution is 0.0489. The molecule has 0 aliphatic carbocycles.